The molecule has 2 nitrogen and oxygen atoms in total. The summed E-state index contributed by atoms with van der Waals surface area (Å²) >= 11 is 0. The molecule has 2 unspecified atom stereocenters. The quantitative estimate of drug-likeness (QED) is 0.750. The standard InChI is InChI=1S/C12H22N2/c1-5-10(2)14-12(9-13)8-6-7-11(12,3)4/h10,14H,5-8H2,1-4H3. The molecule has 1 N–H and O–H groups in total. The first-order valence-corrected chi connectivity index (χ1v) is 5.66. The van der Waals surface area contributed by atoms with Crippen molar-refractivity contribution < 1.29 is 0 Å². The fourth-order valence-corrected chi connectivity index (χ4v) is 2.38. The Bertz CT molecular complexity index is 239. The van der Waals surface area contributed by atoms with Crippen LogP contribution in [0.1, 0.15) is 53.4 Å². The topological polar surface area (TPSA) is 35.8 Å². The van der Waals surface area contributed by atoms with Crippen molar-refractivity contribution in [2.75, 3.05) is 0 Å². The Labute approximate surface area is 87.7 Å². The van der Waals surface area contributed by atoms with Crippen LogP contribution in [-0.4, -0.2) is 11.6 Å². The van der Waals surface area contributed by atoms with Crippen LogP contribution < -0.4 is 5.32 Å². The van der Waals surface area contributed by atoms with Crippen LogP contribution in [0.4, 0.5) is 0 Å². The third-order valence-corrected chi connectivity index (χ3v) is 3.80. The molecular weight excluding hydrogens is 172 g/mol. The zero-order valence-corrected chi connectivity index (χ0v) is 9.85. The van der Waals surface area contributed by atoms with E-state index < -0.39 is 0 Å². The highest BCUT2D eigenvalue weighted by atomic mass is 15.0. The second kappa shape index (κ2) is 3.90. The molecular formula is C12H22N2. The molecule has 1 rings (SSSR count). The molecule has 2 atom stereocenters. The third-order valence-electron chi connectivity index (χ3n) is 3.80. The maximum Gasteiger partial charge on any atom is 0.112 e. The second-order valence-corrected chi connectivity index (χ2v) is 5.21. The molecule has 1 fully saturated rings. The van der Waals surface area contributed by atoms with Gasteiger partial charge in [0.25, 0.3) is 0 Å². The van der Waals surface area contributed by atoms with Gasteiger partial charge in [0.1, 0.15) is 5.54 Å². The van der Waals surface area contributed by atoms with Crippen LogP contribution in [0.3, 0.4) is 0 Å². The zero-order chi connectivity index (χ0) is 10.8. The van der Waals surface area contributed by atoms with E-state index in [2.05, 4.69) is 39.1 Å². The van der Waals surface area contributed by atoms with E-state index in [1.807, 2.05) is 0 Å². The average Bonchev–Trinajstić information content (AvgIpc) is 2.42. The Balaban J connectivity index is 2.82. The van der Waals surface area contributed by atoms with Gasteiger partial charge in [0.05, 0.1) is 6.07 Å². The molecule has 0 heterocycles. The summed E-state index contributed by atoms with van der Waals surface area (Å²) in [5.41, 5.74) is -0.173. The molecule has 1 saturated carbocycles. The average molecular weight is 194 g/mol. The van der Waals surface area contributed by atoms with E-state index in [1.165, 1.54) is 6.42 Å². The SMILES string of the molecule is CCC(C)NC1(C#N)CCCC1(C)C. The van der Waals surface area contributed by atoms with Crippen LogP contribution >= 0.6 is 0 Å². The molecule has 0 aromatic rings. The van der Waals surface area contributed by atoms with E-state index in [1.54, 1.807) is 0 Å². The smallest absolute Gasteiger partial charge is 0.112 e. The first kappa shape index (κ1) is 11.5. The third kappa shape index (κ3) is 1.79. The molecule has 0 aromatic heterocycles. The van der Waals surface area contributed by atoms with Gasteiger partial charge in [0.15, 0.2) is 0 Å². The van der Waals surface area contributed by atoms with Crippen LogP contribution in [0.5, 0.6) is 0 Å². The Morgan fingerprint density at radius 2 is 2.07 bits per heavy atom. The van der Waals surface area contributed by atoms with Crippen molar-refractivity contribution in [3.05, 3.63) is 0 Å². The minimum absolute atomic E-state index is 0.116. The van der Waals surface area contributed by atoms with Crippen LogP contribution in [0.2, 0.25) is 0 Å². The molecule has 2 heteroatoms. The van der Waals surface area contributed by atoms with Gasteiger partial charge in [0, 0.05) is 6.04 Å². The van der Waals surface area contributed by atoms with E-state index >= 15 is 0 Å². The van der Waals surface area contributed by atoms with E-state index in [0.29, 0.717) is 6.04 Å². The number of rotatable bonds is 3. The van der Waals surface area contributed by atoms with Crippen LogP contribution in [0.15, 0.2) is 0 Å². The van der Waals surface area contributed by atoms with Gasteiger partial charge in [0.2, 0.25) is 0 Å². The summed E-state index contributed by atoms with van der Waals surface area (Å²) in [6, 6.07) is 2.96. The fourth-order valence-electron chi connectivity index (χ4n) is 2.38. The van der Waals surface area contributed by atoms with Gasteiger partial charge in [-0.1, -0.05) is 20.8 Å². The van der Waals surface area contributed by atoms with Gasteiger partial charge in [-0.15, -0.1) is 0 Å². The largest absolute Gasteiger partial charge is 0.296 e. The van der Waals surface area contributed by atoms with Gasteiger partial charge in [-0.25, -0.2) is 0 Å². The van der Waals surface area contributed by atoms with Crippen LogP contribution in [0.25, 0.3) is 0 Å². The highest BCUT2D eigenvalue weighted by Gasteiger charge is 2.49. The molecule has 1 aliphatic carbocycles. The Kier molecular flexibility index (Phi) is 3.21. The first-order valence-electron chi connectivity index (χ1n) is 5.66. The summed E-state index contributed by atoms with van der Waals surface area (Å²) in [6.07, 6.45) is 4.41. The maximum absolute atomic E-state index is 9.38. The number of nitriles is 1. The lowest BCUT2D eigenvalue weighted by molar-refractivity contribution is 0.197. The van der Waals surface area contributed by atoms with Crippen molar-refractivity contribution >= 4 is 0 Å². The minimum Gasteiger partial charge on any atom is -0.296 e. The zero-order valence-electron chi connectivity index (χ0n) is 9.85. The first-order chi connectivity index (χ1) is 6.47. The lowest BCUT2D eigenvalue weighted by Gasteiger charge is -2.38. The van der Waals surface area contributed by atoms with Crippen LogP contribution in [0, 0.1) is 16.7 Å². The van der Waals surface area contributed by atoms with E-state index in [0.717, 1.165) is 19.3 Å². The summed E-state index contributed by atoms with van der Waals surface area (Å²) < 4.78 is 0. The molecule has 14 heavy (non-hydrogen) atoms. The maximum atomic E-state index is 9.38. The fraction of sp³-hybridized carbons (Fsp3) is 0.917. The van der Waals surface area contributed by atoms with Gasteiger partial charge in [-0.05, 0) is 38.0 Å². The number of hydrogen-bond donors (Lipinski definition) is 1. The van der Waals surface area contributed by atoms with Crippen molar-refractivity contribution in [3.63, 3.8) is 0 Å². The molecule has 0 aromatic carbocycles. The predicted octanol–water partition coefficient (Wildman–Crippen LogP) is 2.85. The molecule has 0 spiro atoms. The molecule has 0 radical (unpaired) electrons. The molecule has 0 aliphatic heterocycles. The monoisotopic (exact) mass is 194 g/mol. The second-order valence-electron chi connectivity index (χ2n) is 5.21. The summed E-state index contributed by atoms with van der Waals surface area (Å²) in [5, 5.41) is 12.9. The summed E-state index contributed by atoms with van der Waals surface area (Å²) in [7, 11) is 0. The number of nitrogens with zero attached hydrogens (tertiary/aromatic N) is 1. The summed E-state index contributed by atoms with van der Waals surface area (Å²) in [4.78, 5) is 0. The minimum atomic E-state index is -0.289. The van der Waals surface area contributed by atoms with Gasteiger partial charge in [-0.2, -0.15) is 5.26 Å². The Hall–Kier alpha value is -0.550. The molecule has 0 saturated heterocycles. The predicted molar refractivity (Wildman–Crippen MR) is 58.9 cm³/mol. The highest BCUT2D eigenvalue weighted by molar-refractivity contribution is 5.18. The number of hydrogen-bond acceptors (Lipinski definition) is 2. The number of nitrogens with one attached hydrogen (secondary N) is 1. The lowest BCUT2D eigenvalue weighted by atomic mass is 9.75. The van der Waals surface area contributed by atoms with Gasteiger partial charge < -0.3 is 0 Å². The lowest BCUT2D eigenvalue weighted by Crippen LogP contribution is -2.54. The highest BCUT2D eigenvalue weighted by Crippen LogP contribution is 2.45. The van der Waals surface area contributed by atoms with E-state index in [-0.39, 0.29) is 11.0 Å². The van der Waals surface area contributed by atoms with Crippen molar-refractivity contribution in [1.82, 2.24) is 5.32 Å². The Morgan fingerprint density at radius 1 is 1.43 bits per heavy atom. The molecule has 80 valence electrons. The van der Waals surface area contributed by atoms with Gasteiger partial charge in [-0.3, -0.25) is 5.32 Å². The molecule has 0 amide bonds. The Morgan fingerprint density at radius 3 is 2.43 bits per heavy atom. The van der Waals surface area contributed by atoms with Crippen molar-refractivity contribution in [2.24, 2.45) is 5.41 Å². The van der Waals surface area contributed by atoms with Crippen LogP contribution in [-0.2, 0) is 0 Å². The summed E-state index contributed by atoms with van der Waals surface area (Å²) in [5.74, 6) is 0. The van der Waals surface area contributed by atoms with E-state index in [9.17, 15) is 5.26 Å². The van der Waals surface area contributed by atoms with Crippen molar-refractivity contribution in [2.45, 2.75) is 65.0 Å². The van der Waals surface area contributed by atoms with Crippen molar-refractivity contribution in [3.8, 4) is 6.07 Å². The van der Waals surface area contributed by atoms with Crippen molar-refractivity contribution in [1.29, 1.82) is 5.26 Å². The van der Waals surface area contributed by atoms with Gasteiger partial charge >= 0.3 is 0 Å². The molecule has 1 aliphatic rings. The summed E-state index contributed by atoms with van der Waals surface area (Å²) in [6.45, 7) is 8.73. The van der Waals surface area contributed by atoms with E-state index in [4.69, 9.17) is 0 Å². The molecule has 0 bridgehead atoms. The normalized spacial score (nSPS) is 32.5.